The van der Waals surface area contributed by atoms with Gasteiger partial charge in [0.1, 0.15) is 5.75 Å². The van der Waals surface area contributed by atoms with Gasteiger partial charge in [0, 0.05) is 0 Å². The first-order chi connectivity index (χ1) is 9.20. The summed E-state index contributed by atoms with van der Waals surface area (Å²) in [5, 5.41) is 10.8. The molecule has 3 atom stereocenters. The fourth-order valence-electron chi connectivity index (χ4n) is 3.83. The third-order valence-electron chi connectivity index (χ3n) is 4.97. The van der Waals surface area contributed by atoms with Gasteiger partial charge in [0.25, 0.3) is 0 Å². The average molecular weight is 260 g/mol. The molecule has 0 amide bonds. The van der Waals surface area contributed by atoms with Crippen LogP contribution in [0.4, 0.5) is 0 Å². The van der Waals surface area contributed by atoms with E-state index in [1.807, 2.05) is 6.07 Å². The van der Waals surface area contributed by atoms with Crippen molar-refractivity contribution >= 4 is 0 Å². The Morgan fingerprint density at radius 3 is 2.95 bits per heavy atom. The predicted octanol–water partition coefficient (Wildman–Crippen LogP) is 3.88. The fourth-order valence-corrected chi connectivity index (χ4v) is 3.83. The van der Waals surface area contributed by atoms with Crippen molar-refractivity contribution in [2.75, 3.05) is 6.61 Å². The molecule has 0 aromatic heterocycles. The highest BCUT2D eigenvalue weighted by atomic mass is 16.5. The maximum absolute atomic E-state index is 10.8. The average Bonchev–Trinajstić information content (AvgIpc) is 2.81. The maximum Gasteiger partial charge on any atom is 0.122 e. The standard InChI is InChI=1S/C17H24O2/c1-2-13-7-9-17(18,11-13)12-14-8-10-19-16-6-4-3-5-15(14)16/h3-6,13-14,18H,2,7-12H2,1H3. The van der Waals surface area contributed by atoms with Crippen LogP contribution < -0.4 is 4.74 Å². The summed E-state index contributed by atoms with van der Waals surface area (Å²) >= 11 is 0. The number of aliphatic hydroxyl groups is 1. The molecule has 0 radical (unpaired) electrons. The molecule has 0 saturated heterocycles. The highest BCUT2D eigenvalue weighted by molar-refractivity contribution is 5.38. The summed E-state index contributed by atoms with van der Waals surface area (Å²) in [6.07, 6.45) is 6.30. The maximum atomic E-state index is 10.8. The number of rotatable bonds is 3. The van der Waals surface area contributed by atoms with E-state index in [0.717, 1.165) is 44.0 Å². The van der Waals surface area contributed by atoms with Gasteiger partial charge in [0.2, 0.25) is 0 Å². The van der Waals surface area contributed by atoms with Gasteiger partial charge in [-0.15, -0.1) is 0 Å². The van der Waals surface area contributed by atoms with Gasteiger partial charge in [-0.3, -0.25) is 0 Å². The van der Waals surface area contributed by atoms with Crippen molar-refractivity contribution in [1.29, 1.82) is 0 Å². The van der Waals surface area contributed by atoms with Crippen LogP contribution in [0.5, 0.6) is 5.75 Å². The molecular formula is C17H24O2. The lowest BCUT2D eigenvalue weighted by Crippen LogP contribution is -2.29. The third kappa shape index (κ3) is 2.64. The van der Waals surface area contributed by atoms with Crippen molar-refractivity contribution in [3.8, 4) is 5.75 Å². The smallest absolute Gasteiger partial charge is 0.122 e. The van der Waals surface area contributed by atoms with Crippen LogP contribution in [-0.4, -0.2) is 17.3 Å². The zero-order valence-electron chi connectivity index (χ0n) is 11.8. The van der Waals surface area contributed by atoms with E-state index in [-0.39, 0.29) is 0 Å². The van der Waals surface area contributed by atoms with Crippen LogP contribution in [-0.2, 0) is 0 Å². The molecule has 2 aliphatic rings. The zero-order valence-corrected chi connectivity index (χ0v) is 11.8. The van der Waals surface area contributed by atoms with E-state index < -0.39 is 5.60 Å². The summed E-state index contributed by atoms with van der Waals surface area (Å²) in [4.78, 5) is 0. The van der Waals surface area contributed by atoms with Crippen molar-refractivity contribution in [2.45, 2.75) is 57.0 Å². The number of para-hydroxylation sites is 1. The summed E-state index contributed by atoms with van der Waals surface area (Å²) in [7, 11) is 0. The van der Waals surface area contributed by atoms with E-state index in [1.54, 1.807) is 0 Å². The second-order valence-corrected chi connectivity index (χ2v) is 6.32. The molecule has 1 aliphatic heterocycles. The Labute approximate surface area is 115 Å². The molecule has 2 nitrogen and oxygen atoms in total. The molecule has 3 rings (SSSR count). The van der Waals surface area contributed by atoms with Gasteiger partial charge in [-0.2, -0.15) is 0 Å². The summed E-state index contributed by atoms with van der Waals surface area (Å²) in [6.45, 7) is 3.02. The van der Waals surface area contributed by atoms with E-state index >= 15 is 0 Å². The molecule has 104 valence electrons. The Hall–Kier alpha value is -1.02. The van der Waals surface area contributed by atoms with Crippen LogP contribution in [0, 0.1) is 5.92 Å². The van der Waals surface area contributed by atoms with Crippen molar-refractivity contribution in [3.63, 3.8) is 0 Å². The van der Waals surface area contributed by atoms with E-state index in [4.69, 9.17) is 4.74 Å². The lowest BCUT2D eigenvalue weighted by atomic mass is 9.81. The fraction of sp³-hybridized carbons (Fsp3) is 0.647. The quantitative estimate of drug-likeness (QED) is 0.893. The first-order valence-electron chi connectivity index (χ1n) is 7.64. The van der Waals surface area contributed by atoms with Crippen molar-refractivity contribution in [1.82, 2.24) is 0 Å². The number of hydrogen-bond acceptors (Lipinski definition) is 2. The molecule has 1 aliphatic carbocycles. The lowest BCUT2D eigenvalue weighted by Gasteiger charge is -2.32. The molecule has 1 saturated carbocycles. The number of fused-ring (bicyclic) bond motifs is 1. The van der Waals surface area contributed by atoms with Gasteiger partial charge in [-0.25, -0.2) is 0 Å². The summed E-state index contributed by atoms with van der Waals surface area (Å²) in [5.74, 6) is 2.21. The van der Waals surface area contributed by atoms with Crippen molar-refractivity contribution in [3.05, 3.63) is 29.8 Å². The molecule has 1 heterocycles. The highest BCUT2D eigenvalue weighted by Crippen LogP contribution is 2.45. The van der Waals surface area contributed by atoms with Crippen LogP contribution in [0.3, 0.4) is 0 Å². The molecule has 3 unspecified atom stereocenters. The van der Waals surface area contributed by atoms with Crippen LogP contribution in [0.1, 0.15) is 56.9 Å². The molecule has 0 spiro atoms. The zero-order chi connectivity index (χ0) is 13.3. The third-order valence-corrected chi connectivity index (χ3v) is 4.97. The molecule has 1 fully saturated rings. The van der Waals surface area contributed by atoms with Crippen molar-refractivity contribution < 1.29 is 9.84 Å². The first-order valence-corrected chi connectivity index (χ1v) is 7.64. The van der Waals surface area contributed by atoms with Crippen molar-refractivity contribution in [2.24, 2.45) is 5.92 Å². The minimum Gasteiger partial charge on any atom is -0.493 e. The predicted molar refractivity (Wildman–Crippen MR) is 76.5 cm³/mol. The van der Waals surface area contributed by atoms with Gasteiger partial charge in [-0.1, -0.05) is 31.5 Å². The molecule has 1 N–H and O–H groups in total. The summed E-state index contributed by atoms with van der Waals surface area (Å²) < 4.78 is 5.71. The Kier molecular flexibility index (Phi) is 3.53. The largest absolute Gasteiger partial charge is 0.493 e. The normalized spacial score (nSPS) is 33.8. The Morgan fingerprint density at radius 2 is 2.16 bits per heavy atom. The Bertz CT molecular complexity index is 443. The van der Waals surface area contributed by atoms with Crippen LogP contribution in [0.2, 0.25) is 0 Å². The van der Waals surface area contributed by atoms with E-state index in [2.05, 4.69) is 25.1 Å². The Morgan fingerprint density at radius 1 is 1.32 bits per heavy atom. The molecule has 19 heavy (non-hydrogen) atoms. The van der Waals surface area contributed by atoms with Gasteiger partial charge in [-0.05, 0) is 55.6 Å². The summed E-state index contributed by atoms with van der Waals surface area (Å²) in [5.41, 5.74) is 0.859. The monoisotopic (exact) mass is 260 g/mol. The number of ether oxygens (including phenoxy) is 1. The highest BCUT2D eigenvalue weighted by Gasteiger charge is 2.39. The van der Waals surface area contributed by atoms with Crippen LogP contribution >= 0.6 is 0 Å². The van der Waals surface area contributed by atoms with Crippen LogP contribution in [0.15, 0.2) is 24.3 Å². The van der Waals surface area contributed by atoms with E-state index in [0.29, 0.717) is 5.92 Å². The Balaban J connectivity index is 1.74. The second kappa shape index (κ2) is 5.16. The minimum atomic E-state index is -0.435. The minimum absolute atomic E-state index is 0.435. The molecule has 1 aromatic carbocycles. The van der Waals surface area contributed by atoms with Gasteiger partial charge < -0.3 is 9.84 Å². The lowest BCUT2D eigenvalue weighted by molar-refractivity contribution is 0.0232. The summed E-state index contributed by atoms with van der Waals surface area (Å²) in [6, 6.07) is 8.32. The van der Waals surface area contributed by atoms with E-state index in [1.165, 1.54) is 18.4 Å². The molecule has 1 aromatic rings. The number of benzene rings is 1. The number of hydrogen-bond donors (Lipinski definition) is 1. The molecule has 2 heteroatoms. The molecule has 0 bridgehead atoms. The first kappa shape index (κ1) is 13.0. The topological polar surface area (TPSA) is 29.5 Å². The van der Waals surface area contributed by atoms with E-state index in [9.17, 15) is 5.11 Å². The van der Waals surface area contributed by atoms with Gasteiger partial charge >= 0.3 is 0 Å². The molecular weight excluding hydrogens is 236 g/mol. The van der Waals surface area contributed by atoms with Crippen LogP contribution in [0.25, 0.3) is 0 Å². The SMILES string of the molecule is CCC1CCC(O)(CC2CCOc3ccccc32)C1. The van der Waals surface area contributed by atoms with Gasteiger partial charge in [0.05, 0.1) is 12.2 Å². The van der Waals surface area contributed by atoms with Gasteiger partial charge in [0.15, 0.2) is 0 Å². The second-order valence-electron chi connectivity index (χ2n) is 6.32.